The van der Waals surface area contributed by atoms with E-state index in [1.165, 1.54) is 11.0 Å². The van der Waals surface area contributed by atoms with Crippen molar-refractivity contribution in [2.75, 3.05) is 31.1 Å². The summed E-state index contributed by atoms with van der Waals surface area (Å²) in [5.74, 6) is -1.18. The summed E-state index contributed by atoms with van der Waals surface area (Å²) in [4.78, 5) is 25.2. The molecule has 1 fully saturated rings. The minimum Gasteiger partial charge on any atom is -0.475 e. The predicted molar refractivity (Wildman–Crippen MR) is 75.0 cm³/mol. The molecule has 110 valence electrons. The molecule has 2 heterocycles. The van der Waals surface area contributed by atoms with Crippen LogP contribution in [-0.2, 0) is 0 Å². The van der Waals surface area contributed by atoms with Crippen molar-refractivity contribution < 1.29 is 24.2 Å². The van der Waals surface area contributed by atoms with Gasteiger partial charge in [-0.05, 0) is 24.3 Å². The Balaban J connectivity index is 1.81. The standard InChI is InChI=1S/C14H14N2O5/c17-13(18)12-8-9-7-10(1-2-11(9)21-12)15-3-5-16(6-4-15)14(19)20/h1-2,7-8H,3-6H2,(H,17,18)(H,19,20). The van der Waals surface area contributed by atoms with E-state index in [4.69, 9.17) is 14.6 Å². The average Bonchev–Trinajstić information content (AvgIpc) is 2.90. The molecule has 2 aromatic rings. The number of carbonyl (C=O) groups is 2. The van der Waals surface area contributed by atoms with Crippen LogP contribution in [0.15, 0.2) is 28.7 Å². The van der Waals surface area contributed by atoms with Crippen molar-refractivity contribution in [2.45, 2.75) is 0 Å². The van der Waals surface area contributed by atoms with Gasteiger partial charge in [0.25, 0.3) is 0 Å². The number of amides is 1. The first-order valence-electron chi connectivity index (χ1n) is 6.54. The van der Waals surface area contributed by atoms with Gasteiger partial charge in [-0.2, -0.15) is 0 Å². The molecule has 1 amide bonds. The van der Waals surface area contributed by atoms with E-state index >= 15 is 0 Å². The third kappa shape index (κ3) is 2.49. The van der Waals surface area contributed by atoms with E-state index in [1.807, 2.05) is 12.1 Å². The third-order valence-corrected chi connectivity index (χ3v) is 3.63. The maximum Gasteiger partial charge on any atom is 0.407 e. The van der Waals surface area contributed by atoms with Crippen molar-refractivity contribution in [3.63, 3.8) is 0 Å². The Bertz CT molecular complexity index is 700. The third-order valence-electron chi connectivity index (χ3n) is 3.63. The number of anilines is 1. The van der Waals surface area contributed by atoms with Crippen molar-refractivity contribution in [2.24, 2.45) is 0 Å². The number of furan rings is 1. The molecular weight excluding hydrogens is 276 g/mol. The summed E-state index contributed by atoms with van der Waals surface area (Å²) in [6.07, 6.45) is -0.897. The van der Waals surface area contributed by atoms with Gasteiger partial charge in [-0.1, -0.05) is 0 Å². The SMILES string of the molecule is O=C(O)c1cc2cc(N3CCN(C(=O)O)CC3)ccc2o1. The lowest BCUT2D eigenvalue weighted by atomic mass is 10.2. The molecule has 0 radical (unpaired) electrons. The molecule has 2 N–H and O–H groups in total. The molecule has 0 aliphatic carbocycles. The molecule has 0 saturated carbocycles. The number of rotatable bonds is 2. The summed E-state index contributed by atoms with van der Waals surface area (Å²) in [5, 5.41) is 18.6. The first-order valence-corrected chi connectivity index (χ1v) is 6.54. The smallest absolute Gasteiger partial charge is 0.407 e. The highest BCUT2D eigenvalue weighted by Gasteiger charge is 2.21. The minimum atomic E-state index is -1.09. The Labute approximate surface area is 120 Å². The van der Waals surface area contributed by atoms with E-state index in [0.29, 0.717) is 31.8 Å². The van der Waals surface area contributed by atoms with Gasteiger partial charge in [0, 0.05) is 37.3 Å². The van der Waals surface area contributed by atoms with Gasteiger partial charge in [0.1, 0.15) is 5.58 Å². The molecule has 21 heavy (non-hydrogen) atoms. The number of nitrogens with zero attached hydrogens (tertiary/aromatic N) is 2. The van der Waals surface area contributed by atoms with E-state index in [1.54, 1.807) is 6.07 Å². The average molecular weight is 290 g/mol. The Hall–Kier alpha value is -2.70. The Kier molecular flexibility index (Phi) is 3.17. The van der Waals surface area contributed by atoms with Crippen LogP contribution in [-0.4, -0.2) is 53.4 Å². The zero-order valence-electron chi connectivity index (χ0n) is 11.2. The van der Waals surface area contributed by atoms with Crippen molar-refractivity contribution in [1.82, 2.24) is 4.90 Å². The van der Waals surface area contributed by atoms with Crippen molar-refractivity contribution in [1.29, 1.82) is 0 Å². The molecular formula is C14H14N2O5. The molecule has 0 bridgehead atoms. The molecule has 0 spiro atoms. The quantitative estimate of drug-likeness (QED) is 0.877. The van der Waals surface area contributed by atoms with Gasteiger partial charge in [-0.3, -0.25) is 0 Å². The second kappa shape index (κ2) is 5.01. The molecule has 1 saturated heterocycles. The fourth-order valence-electron chi connectivity index (χ4n) is 2.49. The number of benzene rings is 1. The molecule has 1 aromatic carbocycles. The van der Waals surface area contributed by atoms with Crippen LogP contribution in [0.25, 0.3) is 11.0 Å². The van der Waals surface area contributed by atoms with Crippen molar-refractivity contribution >= 4 is 28.7 Å². The summed E-state index contributed by atoms with van der Waals surface area (Å²) < 4.78 is 5.22. The molecule has 1 aliphatic heterocycles. The van der Waals surface area contributed by atoms with Gasteiger partial charge in [0.15, 0.2) is 0 Å². The number of piperazine rings is 1. The van der Waals surface area contributed by atoms with Gasteiger partial charge in [-0.15, -0.1) is 0 Å². The van der Waals surface area contributed by atoms with Gasteiger partial charge in [-0.25, -0.2) is 9.59 Å². The van der Waals surface area contributed by atoms with Gasteiger partial charge >= 0.3 is 12.1 Å². The highest BCUT2D eigenvalue weighted by molar-refractivity contribution is 5.92. The highest BCUT2D eigenvalue weighted by Crippen LogP contribution is 2.26. The summed E-state index contributed by atoms with van der Waals surface area (Å²) in [7, 11) is 0. The lowest BCUT2D eigenvalue weighted by Crippen LogP contribution is -2.48. The second-order valence-corrected chi connectivity index (χ2v) is 4.89. The molecule has 1 aliphatic rings. The van der Waals surface area contributed by atoms with Crippen LogP contribution in [0, 0.1) is 0 Å². The van der Waals surface area contributed by atoms with Gasteiger partial charge in [0.2, 0.25) is 5.76 Å². The Morgan fingerprint density at radius 3 is 2.38 bits per heavy atom. The molecule has 1 aromatic heterocycles. The van der Waals surface area contributed by atoms with Crippen molar-refractivity contribution in [3.8, 4) is 0 Å². The van der Waals surface area contributed by atoms with E-state index < -0.39 is 12.1 Å². The summed E-state index contributed by atoms with van der Waals surface area (Å²) in [6.45, 7) is 2.14. The maximum atomic E-state index is 10.9. The monoisotopic (exact) mass is 290 g/mol. The number of hydrogen-bond acceptors (Lipinski definition) is 4. The molecule has 7 heteroatoms. The molecule has 7 nitrogen and oxygen atoms in total. The van der Waals surface area contributed by atoms with Crippen LogP contribution in [0.3, 0.4) is 0 Å². The fraction of sp³-hybridized carbons (Fsp3) is 0.286. The van der Waals surface area contributed by atoms with Crippen LogP contribution in [0.5, 0.6) is 0 Å². The van der Waals surface area contributed by atoms with Crippen LogP contribution >= 0.6 is 0 Å². The number of hydrogen-bond donors (Lipinski definition) is 2. The second-order valence-electron chi connectivity index (χ2n) is 4.89. The summed E-state index contributed by atoms with van der Waals surface area (Å²) in [5.41, 5.74) is 1.46. The van der Waals surface area contributed by atoms with Crippen LogP contribution in [0.2, 0.25) is 0 Å². The van der Waals surface area contributed by atoms with E-state index in [2.05, 4.69) is 4.90 Å². The zero-order chi connectivity index (χ0) is 15.0. The number of carboxylic acid groups (broad SMARTS) is 2. The number of carboxylic acids is 1. The van der Waals surface area contributed by atoms with Crippen LogP contribution < -0.4 is 4.90 Å². The highest BCUT2D eigenvalue weighted by atomic mass is 16.4. The topological polar surface area (TPSA) is 94.2 Å². The molecule has 0 unspecified atom stereocenters. The van der Waals surface area contributed by atoms with Crippen LogP contribution in [0.4, 0.5) is 10.5 Å². The lowest BCUT2D eigenvalue weighted by Gasteiger charge is -2.34. The van der Waals surface area contributed by atoms with E-state index in [0.717, 1.165) is 11.1 Å². The maximum absolute atomic E-state index is 10.9. The molecule has 3 rings (SSSR count). The van der Waals surface area contributed by atoms with E-state index in [9.17, 15) is 9.59 Å². The van der Waals surface area contributed by atoms with Gasteiger partial charge < -0.3 is 24.4 Å². The normalized spacial score (nSPS) is 15.4. The lowest BCUT2D eigenvalue weighted by molar-refractivity contribution is 0.0665. The number of aromatic carboxylic acids is 1. The largest absolute Gasteiger partial charge is 0.475 e. The number of fused-ring (bicyclic) bond motifs is 1. The van der Waals surface area contributed by atoms with Gasteiger partial charge in [0.05, 0.1) is 0 Å². The Morgan fingerprint density at radius 1 is 1.05 bits per heavy atom. The van der Waals surface area contributed by atoms with Crippen molar-refractivity contribution in [3.05, 3.63) is 30.0 Å². The van der Waals surface area contributed by atoms with Crippen LogP contribution in [0.1, 0.15) is 10.6 Å². The molecule has 0 atom stereocenters. The summed E-state index contributed by atoms with van der Waals surface area (Å²) >= 11 is 0. The summed E-state index contributed by atoms with van der Waals surface area (Å²) in [6, 6.07) is 6.95. The van der Waals surface area contributed by atoms with E-state index in [-0.39, 0.29) is 5.76 Å². The first-order chi connectivity index (χ1) is 10.0. The predicted octanol–water partition coefficient (Wildman–Crippen LogP) is 1.93. The minimum absolute atomic E-state index is 0.0853. The fourth-order valence-corrected chi connectivity index (χ4v) is 2.49. The zero-order valence-corrected chi connectivity index (χ0v) is 11.2. The Morgan fingerprint density at radius 2 is 1.76 bits per heavy atom. The first kappa shape index (κ1) is 13.3.